The van der Waals surface area contributed by atoms with E-state index in [0.717, 1.165) is 4.90 Å². The number of hydrogen-bond acceptors (Lipinski definition) is 4. The molecule has 0 atom stereocenters. The van der Waals surface area contributed by atoms with Crippen LogP contribution in [0.25, 0.3) is 0 Å². The van der Waals surface area contributed by atoms with Gasteiger partial charge >= 0.3 is 6.18 Å². The summed E-state index contributed by atoms with van der Waals surface area (Å²) >= 11 is 0. The molecule has 1 saturated heterocycles. The van der Waals surface area contributed by atoms with Crippen molar-refractivity contribution in [1.29, 1.82) is 0 Å². The van der Waals surface area contributed by atoms with E-state index in [9.17, 15) is 27.6 Å². The van der Waals surface area contributed by atoms with E-state index in [1.165, 1.54) is 24.3 Å². The highest BCUT2D eigenvalue weighted by Crippen LogP contribution is 2.26. The van der Waals surface area contributed by atoms with E-state index in [0.29, 0.717) is 0 Å². The molecule has 0 unspecified atom stereocenters. The zero-order valence-electron chi connectivity index (χ0n) is 12.6. The molecular weight excluding hydrogens is 329 g/mol. The number of benzene rings is 1. The quantitative estimate of drug-likeness (QED) is 0.802. The Kier molecular flexibility index (Phi) is 5.42. The third kappa shape index (κ3) is 4.97. The second-order valence-corrected chi connectivity index (χ2v) is 5.14. The molecule has 1 aromatic carbocycles. The SMILES string of the molecule is O=C(CCN1C(=O)CCC1=O)Nc1ccccc1OCC(F)(F)F. The van der Waals surface area contributed by atoms with E-state index in [2.05, 4.69) is 10.1 Å². The molecule has 1 aliphatic heterocycles. The van der Waals surface area contributed by atoms with Gasteiger partial charge in [0.15, 0.2) is 6.61 Å². The lowest BCUT2D eigenvalue weighted by molar-refractivity contribution is -0.153. The highest BCUT2D eigenvalue weighted by atomic mass is 19.4. The fraction of sp³-hybridized carbons (Fsp3) is 0.400. The average Bonchev–Trinajstić information content (AvgIpc) is 2.82. The molecule has 0 spiro atoms. The van der Waals surface area contributed by atoms with Crippen molar-refractivity contribution in [2.75, 3.05) is 18.5 Å². The van der Waals surface area contributed by atoms with Crippen molar-refractivity contribution in [2.24, 2.45) is 0 Å². The van der Waals surface area contributed by atoms with Crippen molar-refractivity contribution in [2.45, 2.75) is 25.4 Å². The van der Waals surface area contributed by atoms with E-state index in [4.69, 9.17) is 0 Å². The summed E-state index contributed by atoms with van der Waals surface area (Å²) in [5.41, 5.74) is 0.0887. The normalized spacial score (nSPS) is 14.9. The molecule has 1 aliphatic rings. The van der Waals surface area contributed by atoms with Crippen molar-refractivity contribution in [3.05, 3.63) is 24.3 Å². The summed E-state index contributed by atoms with van der Waals surface area (Å²) in [7, 11) is 0. The maximum Gasteiger partial charge on any atom is 0.422 e. The molecule has 0 aromatic heterocycles. The van der Waals surface area contributed by atoms with Crippen LogP contribution in [0.15, 0.2) is 24.3 Å². The van der Waals surface area contributed by atoms with Gasteiger partial charge in [0.25, 0.3) is 0 Å². The predicted molar refractivity (Wildman–Crippen MR) is 77.2 cm³/mol. The molecule has 0 aliphatic carbocycles. The molecule has 1 N–H and O–H groups in total. The van der Waals surface area contributed by atoms with Crippen LogP contribution < -0.4 is 10.1 Å². The van der Waals surface area contributed by atoms with Gasteiger partial charge in [-0.3, -0.25) is 19.3 Å². The summed E-state index contributed by atoms with van der Waals surface area (Å²) in [5, 5.41) is 2.42. The van der Waals surface area contributed by atoms with Crippen LogP contribution in [0.1, 0.15) is 19.3 Å². The first-order valence-electron chi connectivity index (χ1n) is 7.18. The molecule has 2 rings (SSSR count). The molecule has 1 fully saturated rings. The van der Waals surface area contributed by atoms with Crippen LogP contribution in [0.2, 0.25) is 0 Å². The van der Waals surface area contributed by atoms with Crippen LogP contribution in [-0.2, 0) is 14.4 Å². The minimum absolute atomic E-state index is 0.0604. The molecule has 24 heavy (non-hydrogen) atoms. The summed E-state index contributed by atoms with van der Waals surface area (Å²) in [5.74, 6) is -1.31. The number of para-hydroxylation sites is 2. The number of carbonyl (C=O) groups excluding carboxylic acids is 3. The topological polar surface area (TPSA) is 75.7 Å². The maximum atomic E-state index is 12.2. The van der Waals surface area contributed by atoms with Crippen molar-refractivity contribution in [3.63, 3.8) is 0 Å². The molecule has 1 heterocycles. The van der Waals surface area contributed by atoms with Crippen LogP contribution in [0.4, 0.5) is 18.9 Å². The Morgan fingerprint density at radius 1 is 1.17 bits per heavy atom. The monoisotopic (exact) mass is 344 g/mol. The van der Waals surface area contributed by atoms with Gasteiger partial charge in [0, 0.05) is 25.8 Å². The summed E-state index contributed by atoms with van der Waals surface area (Å²) in [4.78, 5) is 35.8. The average molecular weight is 344 g/mol. The fourth-order valence-electron chi connectivity index (χ4n) is 2.15. The molecule has 130 valence electrons. The smallest absolute Gasteiger partial charge is 0.422 e. The summed E-state index contributed by atoms with van der Waals surface area (Å²) in [6.07, 6.45) is -4.37. The standard InChI is InChI=1S/C15H15F3N2O4/c16-15(17,18)9-24-11-4-2-1-3-10(11)19-12(21)7-8-20-13(22)5-6-14(20)23/h1-4H,5-9H2,(H,19,21). The number of halogens is 3. The zero-order valence-corrected chi connectivity index (χ0v) is 12.6. The molecule has 6 nitrogen and oxygen atoms in total. The molecule has 0 saturated carbocycles. The number of nitrogens with one attached hydrogen (secondary N) is 1. The van der Waals surface area contributed by atoms with E-state index < -0.39 is 18.7 Å². The molecule has 3 amide bonds. The largest absolute Gasteiger partial charge is 0.482 e. The van der Waals surface area contributed by atoms with Gasteiger partial charge in [-0.25, -0.2) is 0 Å². The first kappa shape index (κ1) is 17.8. The Bertz CT molecular complexity index is 630. The first-order valence-corrected chi connectivity index (χ1v) is 7.18. The van der Waals surface area contributed by atoms with Gasteiger partial charge < -0.3 is 10.1 Å². The van der Waals surface area contributed by atoms with E-state index in [1.807, 2.05) is 0 Å². The summed E-state index contributed by atoms with van der Waals surface area (Å²) in [6.45, 7) is -1.54. The van der Waals surface area contributed by atoms with Crippen molar-refractivity contribution in [1.82, 2.24) is 4.90 Å². The third-order valence-corrected chi connectivity index (χ3v) is 3.27. The first-order chi connectivity index (χ1) is 11.3. The summed E-state index contributed by atoms with van der Waals surface area (Å²) < 4.78 is 41.3. The van der Waals surface area contributed by atoms with Gasteiger partial charge in [0.2, 0.25) is 17.7 Å². The molecule has 9 heteroatoms. The third-order valence-electron chi connectivity index (χ3n) is 3.27. The van der Waals surface area contributed by atoms with Gasteiger partial charge in [-0.05, 0) is 12.1 Å². The van der Waals surface area contributed by atoms with Crippen LogP contribution in [-0.4, -0.2) is 41.9 Å². The van der Waals surface area contributed by atoms with E-state index >= 15 is 0 Å². The number of hydrogen-bond donors (Lipinski definition) is 1. The number of rotatable bonds is 6. The van der Waals surface area contributed by atoms with Crippen LogP contribution in [0.3, 0.4) is 0 Å². The van der Waals surface area contributed by atoms with Gasteiger partial charge in [-0.15, -0.1) is 0 Å². The number of anilines is 1. The Balaban J connectivity index is 1.91. The zero-order chi connectivity index (χ0) is 17.7. The molecule has 0 bridgehead atoms. The van der Waals surface area contributed by atoms with Crippen LogP contribution >= 0.6 is 0 Å². The number of amides is 3. The Labute approximate surface area is 135 Å². The Morgan fingerprint density at radius 3 is 2.42 bits per heavy atom. The minimum atomic E-state index is -4.49. The number of ether oxygens (including phenoxy) is 1. The fourth-order valence-corrected chi connectivity index (χ4v) is 2.15. The number of nitrogens with zero attached hydrogens (tertiary/aromatic N) is 1. The van der Waals surface area contributed by atoms with Gasteiger partial charge in [-0.1, -0.05) is 12.1 Å². The van der Waals surface area contributed by atoms with Gasteiger partial charge in [-0.2, -0.15) is 13.2 Å². The van der Waals surface area contributed by atoms with E-state index in [1.54, 1.807) is 0 Å². The second-order valence-electron chi connectivity index (χ2n) is 5.14. The lowest BCUT2D eigenvalue weighted by Crippen LogP contribution is -2.32. The van der Waals surface area contributed by atoms with Crippen LogP contribution in [0, 0.1) is 0 Å². The Morgan fingerprint density at radius 2 is 1.79 bits per heavy atom. The van der Waals surface area contributed by atoms with E-state index in [-0.39, 0.29) is 49.1 Å². The van der Waals surface area contributed by atoms with Gasteiger partial charge in [0.1, 0.15) is 5.75 Å². The highest BCUT2D eigenvalue weighted by Gasteiger charge is 2.30. The maximum absolute atomic E-state index is 12.2. The van der Waals surface area contributed by atoms with Crippen molar-refractivity contribution >= 4 is 23.4 Å². The lowest BCUT2D eigenvalue weighted by atomic mass is 10.2. The van der Waals surface area contributed by atoms with Crippen molar-refractivity contribution in [3.8, 4) is 5.75 Å². The number of likely N-dealkylation sites (tertiary alicyclic amines) is 1. The minimum Gasteiger partial charge on any atom is -0.482 e. The molecular formula is C15H15F3N2O4. The lowest BCUT2D eigenvalue weighted by Gasteiger charge is -2.15. The second kappa shape index (κ2) is 7.33. The predicted octanol–water partition coefficient (Wildman–Crippen LogP) is 2.11. The number of carbonyl (C=O) groups is 3. The van der Waals surface area contributed by atoms with Gasteiger partial charge in [0.05, 0.1) is 5.69 Å². The molecule has 0 radical (unpaired) electrons. The van der Waals surface area contributed by atoms with Crippen molar-refractivity contribution < 1.29 is 32.3 Å². The highest BCUT2D eigenvalue weighted by molar-refractivity contribution is 6.02. The summed E-state index contributed by atoms with van der Waals surface area (Å²) in [6, 6.07) is 5.71. The Hall–Kier alpha value is -2.58. The number of imide groups is 1. The number of alkyl halides is 3. The van der Waals surface area contributed by atoms with Crippen LogP contribution in [0.5, 0.6) is 5.75 Å². The molecule has 1 aromatic rings.